The minimum Gasteiger partial charge on any atom is -0.457 e. The molecule has 2 aromatic heterocycles. The predicted molar refractivity (Wildman–Crippen MR) is 114 cm³/mol. The molecule has 8 heteroatoms. The summed E-state index contributed by atoms with van der Waals surface area (Å²) in [5.74, 6) is 1.60. The minimum absolute atomic E-state index is 0.146. The maximum atomic E-state index is 12.5. The average Bonchev–Trinajstić information content (AvgIpc) is 3.26. The molecule has 1 saturated heterocycles. The fourth-order valence-electron chi connectivity index (χ4n) is 2.53. The number of halogens is 2. The van der Waals surface area contributed by atoms with E-state index in [1.165, 1.54) is 16.7 Å². The van der Waals surface area contributed by atoms with E-state index in [4.69, 9.17) is 27.6 Å². The van der Waals surface area contributed by atoms with Crippen molar-refractivity contribution in [3.8, 4) is 11.3 Å². The molecule has 0 bridgehead atoms. The molecule has 0 radical (unpaired) electrons. The Kier molecular flexibility index (Phi) is 5.26. The number of aliphatic imine (C=N–C) groups is 1. The molecule has 0 atom stereocenters. The second kappa shape index (κ2) is 7.83. The quantitative estimate of drug-likeness (QED) is 0.487. The third-order valence-electron chi connectivity index (χ3n) is 3.97. The summed E-state index contributed by atoms with van der Waals surface area (Å²) >= 11 is 13.3. The van der Waals surface area contributed by atoms with Gasteiger partial charge in [-0.15, -0.1) is 0 Å². The van der Waals surface area contributed by atoms with Crippen molar-refractivity contribution in [2.75, 3.05) is 7.05 Å². The molecule has 3 heterocycles. The van der Waals surface area contributed by atoms with Crippen molar-refractivity contribution in [2.45, 2.75) is 0 Å². The normalized spacial score (nSPS) is 17.1. The van der Waals surface area contributed by atoms with Crippen LogP contribution < -0.4 is 0 Å². The van der Waals surface area contributed by atoms with Gasteiger partial charge < -0.3 is 4.42 Å². The summed E-state index contributed by atoms with van der Waals surface area (Å²) in [7, 11) is 1.68. The van der Waals surface area contributed by atoms with Crippen molar-refractivity contribution >= 4 is 57.9 Å². The number of benzene rings is 1. The molecule has 0 aliphatic carbocycles. The van der Waals surface area contributed by atoms with Gasteiger partial charge in [0.15, 0.2) is 11.0 Å². The van der Waals surface area contributed by atoms with E-state index < -0.39 is 0 Å². The number of hydrogen-bond donors (Lipinski definition) is 0. The van der Waals surface area contributed by atoms with Crippen LogP contribution in [-0.2, 0) is 4.79 Å². The number of pyridine rings is 1. The van der Waals surface area contributed by atoms with Crippen LogP contribution in [0, 0.1) is 0 Å². The van der Waals surface area contributed by atoms with Crippen molar-refractivity contribution in [1.82, 2.24) is 9.88 Å². The first-order valence-corrected chi connectivity index (χ1v) is 9.81. The van der Waals surface area contributed by atoms with Gasteiger partial charge in [0, 0.05) is 24.9 Å². The standard InChI is InChI=1S/C20H13Cl2N3O2S/c1-25-19(26)17(28-20(25)24-18-4-2-3-9-23-18)11-13-6-8-16(27-13)12-5-7-14(21)15(22)10-12/h2-11H,1H3/b17-11+,24-20+. The van der Waals surface area contributed by atoms with Crippen LogP contribution in [0.4, 0.5) is 5.82 Å². The number of amidine groups is 1. The second-order valence-corrected chi connectivity index (χ2v) is 7.71. The fraction of sp³-hybridized carbons (Fsp3) is 0.0500. The zero-order valence-corrected chi connectivity index (χ0v) is 16.9. The Balaban J connectivity index is 1.59. The van der Waals surface area contributed by atoms with Gasteiger partial charge in [-0.2, -0.15) is 0 Å². The molecule has 0 saturated carbocycles. The molecule has 0 spiro atoms. The number of carbonyl (C=O) groups excluding carboxylic acids is 1. The summed E-state index contributed by atoms with van der Waals surface area (Å²) in [5, 5.41) is 1.50. The lowest BCUT2D eigenvalue weighted by atomic mass is 10.2. The number of likely N-dealkylation sites (N-methyl/N-ethyl adjacent to an activating group) is 1. The van der Waals surface area contributed by atoms with Gasteiger partial charge in [0.2, 0.25) is 0 Å². The van der Waals surface area contributed by atoms with Crippen molar-refractivity contribution in [3.05, 3.63) is 75.4 Å². The highest BCUT2D eigenvalue weighted by Crippen LogP contribution is 2.34. The van der Waals surface area contributed by atoms with E-state index in [1.54, 1.807) is 43.6 Å². The SMILES string of the molecule is CN1C(=O)/C(=C\c2ccc(-c3ccc(Cl)c(Cl)c3)o2)S/C1=N/c1ccccn1. The van der Waals surface area contributed by atoms with Crippen LogP contribution in [0.5, 0.6) is 0 Å². The van der Waals surface area contributed by atoms with Crippen molar-refractivity contribution in [1.29, 1.82) is 0 Å². The molecule has 140 valence electrons. The molecule has 1 amide bonds. The largest absolute Gasteiger partial charge is 0.457 e. The van der Waals surface area contributed by atoms with Crippen molar-refractivity contribution in [2.24, 2.45) is 4.99 Å². The highest BCUT2D eigenvalue weighted by Gasteiger charge is 2.30. The zero-order valence-electron chi connectivity index (χ0n) is 14.6. The fourth-order valence-corrected chi connectivity index (χ4v) is 3.79. The number of aromatic nitrogens is 1. The zero-order chi connectivity index (χ0) is 19.7. The third-order valence-corrected chi connectivity index (χ3v) is 5.77. The van der Waals surface area contributed by atoms with Crippen LogP contribution in [0.25, 0.3) is 17.4 Å². The number of rotatable bonds is 3. The van der Waals surface area contributed by atoms with Gasteiger partial charge >= 0.3 is 0 Å². The van der Waals surface area contributed by atoms with E-state index in [-0.39, 0.29) is 5.91 Å². The Bertz CT molecular complexity index is 1110. The predicted octanol–water partition coefficient (Wildman–Crippen LogP) is 5.88. The number of carbonyl (C=O) groups is 1. The summed E-state index contributed by atoms with van der Waals surface area (Å²) in [6.45, 7) is 0. The highest BCUT2D eigenvalue weighted by atomic mass is 35.5. The van der Waals surface area contributed by atoms with E-state index >= 15 is 0 Å². The first-order valence-electron chi connectivity index (χ1n) is 8.24. The van der Waals surface area contributed by atoms with Crippen LogP contribution in [0.3, 0.4) is 0 Å². The Morgan fingerprint density at radius 3 is 2.75 bits per heavy atom. The van der Waals surface area contributed by atoms with Gasteiger partial charge in [-0.05, 0) is 54.2 Å². The molecular weight excluding hydrogens is 417 g/mol. The molecule has 1 aliphatic heterocycles. The molecule has 1 aromatic carbocycles. The highest BCUT2D eigenvalue weighted by molar-refractivity contribution is 8.18. The maximum Gasteiger partial charge on any atom is 0.266 e. The van der Waals surface area contributed by atoms with Crippen LogP contribution >= 0.6 is 35.0 Å². The number of furan rings is 1. The Hall–Kier alpha value is -2.54. The van der Waals surface area contributed by atoms with E-state index in [2.05, 4.69) is 9.98 Å². The summed E-state index contributed by atoms with van der Waals surface area (Å²) in [6.07, 6.45) is 3.36. The van der Waals surface area contributed by atoms with Crippen LogP contribution in [-0.4, -0.2) is 28.0 Å². The molecule has 4 rings (SSSR count). The lowest BCUT2D eigenvalue weighted by Crippen LogP contribution is -2.23. The van der Waals surface area contributed by atoms with Crippen molar-refractivity contribution in [3.63, 3.8) is 0 Å². The first-order chi connectivity index (χ1) is 13.5. The lowest BCUT2D eigenvalue weighted by Gasteiger charge is -2.06. The Morgan fingerprint density at radius 1 is 1.14 bits per heavy atom. The molecule has 0 N–H and O–H groups in total. The van der Waals surface area contributed by atoms with Crippen LogP contribution in [0.15, 0.2) is 69.0 Å². The van der Waals surface area contributed by atoms with Gasteiger partial charge in [0.05, 0.1) is 15.0 Å². The lowest BCUT2D eigenvalue weighted by molar-refractivity contribution is -0.121. The van der Waals surface area contributed by atoms with Gasteiger partial charge in [0.25, 0.3) is 5.91 Å². The van der Waals surface area contributed by atoms with E-state index in [0.717, 1.165) is 5.56 Å². The molecule has 28 heavy (non-hydrogen) atoms. The molecule has 0 unspecified atom stereocenters. The van der Waals surface area contributed by atoms with Gasteiger partial charge in [-0.25, -0.2) is 9.98 Å². The number of amides is 1. The molecule has 5 nitrogen and oxygen atoms in total. The van der Waals surface area contributed by atoms with Gasteiger partial charge in [0.1, 0.15) is 11.5 Å². The van der Waals surface area contributed by atoms with E-state index in [9.17, 15) is 4.79 Å². The van der Waals surface area contributed by atoms with Gasteiger partial charge in [-0.1, -0.05) is 29.3 Å². The first kappa shape index (κ1) is 18.8. The number of hydrogen-bond acceptors (Lipinski definition) is 5. The molecule has 1 aliphatic rings. The monoisotopic (exact) mass is 429 g/mol. The maximum absolute atomic E-state index is 12.5. The van der Waals surface area contributed by atoms with Crippen molar-refractivity contribution < 1.29 is 9.21 Å². The van der Waals surface area contributed by atoms with Crippen LogP contribution in [0.2, 0.25) is 10.0 Å². The molecule has 3 aromatic rings. The molecular formula is C20H13Cl2N3O2S. The summed E-state index contributed by atoms with van der Waals surface area (Å²) < 4.78 is 5.85. The smallest absolute Gasteiger partial charge is 0.266 e. The topological polar surface area (TPSA) is 58.7 Å². The number of nitrogens with zero attached hydrogens (tertiary/aromatic N) is 3. The summed E-state index contributed by atoms with van der Waals surface area (Å²) in [6, 6.07) is 14.3. The van der Waals surface area contributed by atoms with E-state index in [1.807, 2.05) is 24.3 Å². The van der Waals surface area contributed by atoms with Crippen LogP contribution in [0.1, 0.15) is 5.76 Å². The summed E-state index contributed by atoms with van der Waals surface area (Å²) in [4.78, 5) is 23.1. The third kappa shape index (κ3) is 3.85. The Morgan fingerprint density at radius 2 is 2.00 bits per heavy atom. The Labute approximate surface area is 175 Å². The molecule has 1 fully saturated rings. The minimum atomic E-state index is -0.146. The second-order valence-electron chi connectivity index (χ2n) is 5.89. The number of thioether (sulfide) groups is 1. The summed E-state index contributed by atoms with van der Waals surface area (Å²) in [5.41, 5.74) is 0.805. The van der Waals surface area contributed by atoms with E-state index in [0.29, 0.717) is 37.5 Å². The average molecular weight is 430 g/mol. The van der Waals surface area contributed by atoms with Gasteiger partial charge in [-0.3, -0.25) is 9.69 Å².